The Kier molecular flexibility index (Phi) is 3.74. The maximum Gasteiger partial charge on any atom is 0.130 e. The van der Waals surface area contributed by atoms with Gasteiger partial charge in [-0.05, 0) is 30.2 Å². The molecular weight excluding hydrogens is 190 g/mol. The highest BCUT2D eigenvalue weighted by Gasteiger charge is 2.13. The SMILES string of the molecule is C=C(CN)c1c(OC)cc(C)cc1OC. The molecular formula is C12H17NO2. The highest BCUT2D eigenvalue weighted by Crippen LogP contribution is 2.34. The molecule has 3 nitrogen and oxygen atoms in total. The minimum Gasteiger partial charge on any atom is -0.496 e. The quantitative estimate of drug-likeness (QED) is 0.821. The van der Waals surface area contributed by atoms with Crippen LogP contribution in [0.15, 0.2) is 18.7 Å². The molecule has 0 amide bonds. The van der Waals surface area contributed by atoms with Gasteiger partial charge in [0.1, 0.15) is 11.5 Å². The second kappa shape index (κ2) is 4.84. The lowest BCUT2D eigenvalue weighted by atomic mass is 10.0. The van der Waals surface area contributed by atoms with Gasteiger partial charge in [0.2, 0.25) is 0 Å². The normalized spacial score (nSPS) is 9.87. The Morgan fingerprint density at radius 3 is 2.07 bits per heavy atom. The number of nitrogens with two attached hydrogens (primary N) is 1. The molecule has 1 aromatic carbocycles. The molecule has 0 heterocycles. The molecule has 1 aromatic rings. The van der Waals surface area contributed by atoms with Crippen molar-refractivity contribution in [2.45, 2.75) is 6.92 Å². The summed E-state index contributed by atoms with van der Waals surface area (Å²) in [6.45, 7) is 6.28. The van der Waals surface area contributed by atoms with E-state index in [2.05, 4.69) is 6.58 Å². The summed E-state index contributed by atoms with van der Waals surface area (Å²) in [5.41, 5.74) is 8.32. The monoisotopic (exact) mass is 207 g/mol. The molecule has 0 saturated carbocycles. The van der Waals surface area contributed by atoms with E-state index in [0.717, 1.165) is 28.2 Å². The summed E-state index contributed by atoms with van der Waals surface area (Å²) >= 11 is 0. The summed E-state index contributed by atoms with van der Waals surface area (Å²) in [6.07, 6.45) is 0. The molecule has 3 heteroatoms. The summed E-state index contributed by atoms with van der Waals surface area (Å²) in [4.78, 5) is 0. The van der Waals surface area contributed by atoms with Crippen LogP contribution >= 0.6 is 0 Å². The first-order valence-corrected chi connectivity index (χ1v) is 4.74. The standard InChI is InChI=1S/C12H17NO2/c1-8-5-10(14-3)12(9(2)7-13)11(6-8)15-4/h5-6H,2,7,13H2,1,3-4H3. The van der Waals surface area contributed by atoms with Crippen molar-refractivity contribution in [3.05, 3.63) is 29.8 Å². The van der Waals surface area contributed by atoms with Crippen molar-refractivity contribution < 1.29 is 9.47 Å². The average molecular weight is 207 g/mol. The van der Waals surface area contributed by atoms with Crippen molar-refractivity contribution in [1.29, 1.82) is 0 Å². The molecule has 0 saturated heterocycles. The van der Waals surface area contributed by atoms with E-state index in [1.807, 2.05) is 19.1 Å². The second-order valence-electron chi connectivity index (χ2n) is 3.35. The molecule has 0 aliphatic carbocycles. The van der Waals surface area contributed by atoms with Crippen LogP contribution in [0.3, 0.4) is 0 Å². The molecule has 0 bridgehead atoms. The Labute approximate surface area is 90.5 Å². The molecule has 0 unspecified atom stereocenters. The summed E-state index contributed by atoms with van der Waals surface area (Å²) in [5, 5.41) is 0. The van der Waals surface area contributed by atoms with Gasteiger partial charge < -0.3 is 15.2 Å². The number of aryl methyl sites for hydroxylation is 1. The van der Waals surface area contributed by atoms with E-state index in [0.29, 0.717) is 6.54 Å². The lowest BCUT2D eigenvalue weighted by molar-refractivity contribution is 0.391. The van der Waals surface area contributed by atoms with Crippen LogP contribution in [0.5, 0.6) is 11.5 Å². The molecule has 82 valence electrons. The van der Waals surface area contributed by atoms with Gasteiger partial charge in [-0.3, -0.25) is 0 Å². The Bertz CT molecular complexity index is 347. The van der Waals surface area contributed by atoms with Gasteiger partial charge in [-0.25, -0.2) is 0 Å². The van der Waals surface area contributed by atoms with E-state index in [1.165, 1.54) is 0 Å². The van der Waals surface area contributed by atoms with Crippen LogP contribution in [-0.2, 0) is 0 Å². The van der Waals surface area contributed by atoms with Crippen molar-refractivity contribution in [2.24, 2.45) is 5.73 Å². The van der Waals surface area contributed by atoms with Crippen LogP contribution in [0, 0.1) is 6.92 Å². The highest BCUT2D eigenvalue weighted by molar-refractivity contribution is 5.75. The van der Waals surface area contributed by atoms with Gasteiger partial charge in [0.15, 0.2) is 0 Å². The van der Waals surface area contributed by atoms with Crippen molar-refractivity contribution in [3.8, 4) is 11.5 Å². The minimum atomic E-state index is 0.385. The molecule has 0 fully saturated rings. The van der Waals surface area contributed by atoms with Crippen molar-refractivity contribution >= 4 is 5.57 Å². The predicted octanol–water partition coefficient (Wildman–Crippen LogP) is 1.98. The van der Waals surface area contributed by atoms with E-state index >= 15 is 0 Å². The van der Waals surface area contributed by atoms with Gasteiger partial charge in [0.05, 0.1) is 19.8 Å². The number of rotatable bonds is 4. The van der Waals surface area contributed by atoms with Gasteiger partial charge in [-0.2, -0.15) is 0 Å². The Hall–Kier alpha value is -1.48. The lowest BCUT2D eigenvalue weighted by Crippen LogP contribution is -2.05. The van der Waals surface area contributed by atoms with Crippen molar-refractivity contribution in [2.75, 3.05) is 20.8 Å². The van der Waals surface area contributed by atoms with Gasteiger partial charge >= 0.3 is 0 Å². The summed E-state index contributed by atoms with van der Waals surface area (Å²) in [7, 11) is 3.25. The van der Waals surface area contributed by atoms with Crippen molar-refractivity contribution in [1.82, 2.24) is 0 Å². The smallest absolute Gasteiger partial charge is 0.130 e. The fraction of sp³-hybridized carbons (Fsp3) is 0.333. The number of benzene rings is 1. The van der Waals surface area contributed by atoms with E-state index in [1.54, 1.807) is 14.2 Å². The lowest BCUT2D eigenvalue weighted by Gasteiger charge is -2.15. The topological polar surface area (TPSA) is 44.5 Å². The van der Waals surface area contributed by atoms with Crippen LogP contribution in [0.2, 0.25) is 0 Å². The minimum absolute atomic E-state index is 0.385. The van der Waals surface area contributed by atoms with Gasteiger partial charge in [0.25, 0.3) is 0 Å². The first-order chi connectivity index (χ1) is 7.13. The molecule has 1 rings (SSSR count). The van der Waals surface area contributed by atoms with E-state index in [-0.39, 0.29) is 0 Å². The molecule has 0 aromatic heterocycles. The Morgan fingerprint density at radius 2 is 1.73 bits per heavy atom. The van der Waals surface area contributed by atoms with Crippen molar-refractivity contribution in [3.63, 3.8) is 0 Å². The molecule has 0 atom stereocenters. The fourth-order valence-electron chi connectivity index (χ4n) is 1.49. The van der Waals surface area contributed by atoms with Crippen LogP contribution in [0.1, 0.15) is 11.1 Å². The molecule has 15 heavy (non-hydrogen) atoms. The van der Waals surface area contributed by atoms with E-state index in [9.17, 15) is 0 Å². The zero-order valence-corrected chi connectivity index (χ0v) is 9.46. The Morgan fingerprint density at radius 1 is 1.27 bits per heavy atom. The first kappa shape index (κ1) is 11.6. The number of ether oxygens (including phenoxy) is 2. The third-order valence-corrected chi connectivity index (χ3v) is 2.25. The van der Waals surface area contributed by atoms with Gasteiger partial charge in [0, 0.05) is 6.54 Å². The zero-order valence-electron chi connectivity index (χ0n) is 9.46. The third kappa shape index (κ3) is 2.30. The molecule has 0 spiro atoms. The largest absolute Gasteiger partial charge is 0.496 e. The molecule has 0 aliphatic rings. The summed E-state index contributed by atoms with van der Waals surface area (Å²) < 4.78 is 10.6. The molecule has 0 radical (unpaired) electrons. The molecule has 0 aliphatic heterocycles. The van der Waals surface area contributed by atoms with E-state index in [4.69, 9.17) is 15.2 Å². The van der Waals surface area contributed by atoms with Crippen LogP contribution < -0.4 is 15.2 Å². The molecule has 2 N–H and O–H groups in total. The number of methoxy groups -OCH3 is 2. The highest BCUT2D eigenvalue weighted by atomic mass is 16.5. The van der Waals surface area contributed by atoms with Crippen LogP contribution in [0.4, 0.5) is 0 Å². The van der Waals surface area contributed by atoms with Crippen LogP contribution in [-0.4, -0.2) is 20.8 Å². The maximum absolute atomic E-state index is 5.58. The maximum atomic E-state index is 5.58. The van der Waals surface area contributed by atoms with Gasteiger partial charge in [-0.15, -0.1) is 0 Å². The second-order valence-corrected chi connectivity index (χ2v) is 3.35. The van der Waals surface area contributed by atoms with Crippen LogP contribution in [0.25, 0.3) is 5.57 Å². The average Bonchev–Trinajstić information content (AvgIpc) is 2.26. The predicted molar refractivity (Wildman–Crippen MR) is 62.4 cm³/mol. The number of hydrogen-bond donors (Lipinski definition) is 1. The van der Waals surface area contributed by atoms with E-state index < -0.39 is 0 Å². The zero-order chi connectivity index (χ0) is 11.4. The third-order valence-electron chi connectivity index (χ3n) is 2.25. The number of hydrogen-bond acceptors (Lipinski definition) is 3. The first-order valence-electron chi connectivity index (χ1n) is 4.74. The summed E-state index contributed by atoms with van der Waals surface area (Å²) in [5.74, 6) is 1.50. The Balaban J connectivity index is 3.36. The fourth-order valence-corrected chi connectivity index (χ4v) is 1.49. The van der Waals surface area contributed by atoms with Gasteiger partial charge in [-0.1, -0.05) is 6.58 Å². The summed E-state index contributed by atoms with van der Waals surface area (Å²) in [6, 6.07) is 3.89.